The summed E-state index contributed by atoms with van der Waals surface area (Å²) in [6.07, 6.45) is 0. The van der Waals surface area contributed by atoms with Crippen LogP contribution in [-0.4, -0.2) is 10.3 Å². The third kappa shape index (κ3) is 2.79. The monoisotopic (exact) mass is 381 g/mol. The number of rotatable bonds is 3. The molecule has 1 N–H and O–H groups in total. The SMILES string of the molecule is OCc1c(-c2ccc(F)cc2)noc1-c1cc(Br)ccc1Cl. The molecule has 3 nitrogen and oxygen atoms in total. The highest BCUT2D eigenvalue weighted by molar-refractivity contribution is 9.10. The van der Waals surface area contributed by atoms with E-state index in [0.29, 0.717) is 33.2 Å². The number of hydrogen-bond acceptors (Lipinski definition) is 3. The van der Waals surface area contributed by atoms with Crippen LogP contribution < -0.4 is 0 Å². The Balaban J connectivity index is 2.15. The fourth-order valence-corrected chi connectivity index (χ4v) is 2.74. The van der Waals surface area contributed by atoms with Gasteiger partial charge in [0.25, 0.3) is 0 Å². The van der Waals surface area contributed by atoms with Crippen molar-refractivity contribution in [1.82, 2.24) is 5.16 Å². The molecule has 1 aromatic heterocycles. The molecule has 0 aliphatic heterocycles. The maximum atomic E-state index is 13.0. The lowest BCUT2D eigenvalue weighted by molar-refractivity contribution is 0.281. The Bertz CT molecular complexity index is 818. The molecular weight excluding hydrogens is 373 g/mol. The summed E-state index contributed by atoms with van der Waals surface area (Å²) in [5.74, 6) is 0.0566. The van der Waals surface area contributed by atoms with Gasteiger partial charge in [-0.3, -0.25) is 0 Å². The minimum atomic E-state index is -0.340. The first-order valence-electron chi connectivity index (χ1n) is 6.41. The van der Waals surface area contributed by atoms with Crippen LogP contribution in [0.25, 0.3) is 22.6 Å². The van der Waals surface area contributed by atoms with Crippen molar-refractivity contribution >= 4 is 27.5 Å². The molecule has 0 aliphatic rings. The highest BCUT2D eigenvalue weighted by Gasteiger charge is 2.20. The van der Waals surface area contributed by atoms with E-state index in [2.05, 4.69) is 21.1 Å². The molecule has 0 unspecified atom stereocenters. The van der Waals surface area contributed by atoms with Crippen molar-refractivity contribution in [1.29, 1.82) is 0 Å². The normalized spacial score (nSPS) is 10.9. The summed E-state index contributed by atoms with van der Waals surface area (Å²) in [4.78, 5) is 0. The van der Waals surface area contributed by atoms with E-state index in [-0.39, 0.29) is 12.4 Å². The number of nitrogens with zero attached hydrogens (tertiary/aromatic N) is 1. The highest BCUT2D eigenvalue weighted by atomic mass is 79.9. The topological polar surface area (TPSA) is 46.3 Å². The fraction of sp³-hybridized carbons (Fsp3) is 0.0625. The maximum Gasteiger partial charge on any atom is 0.174 e. The van der Waals surface area contributed by atoms with Gasteiger partial charge >= 0.3 is 0 Å². The maximum absolute atomic E-state index is 13.0. The minimum Gasteiger partial charge on any atom is -0.391 e. The van der Waals surface area contributed by atoms with Gasteiger partial charge in [-0.05, 0) is 42.5 Å². The summed E-state index contributed by atoms with van der Waals surface area (Å²) >= 11 is 9.57. The van der Waals surface area contributed by atoms with Crippen LogP contribution in [0.5, 0.6) is 0 Å². The Hall–Kier alpha value is -1.69. The standard InChI is InChI=1S/C16H10BrClFNO2/c17-10-3-6-14(18)12(7-10)16-13(8-21)15(20-22-16)9-1-4-11(19)5-2-9/h1-7,21H,8H2. The van der Waals surface area contributed by atoms with Gasteiger partial charge in [0.2, 0.25) is 0 Å². The average molecular weight is 383 g/mol. The number of benzene rings is 2. The van der Waals surface area contributed by atoms with Crippen molar-refractivity contribution < 1.29 is 14.0 Å². The van der Waals surface area contributed by atoms with E-state index in [0.717, 1.165) is 4.47 Å². The van der Waals surface area contributed by atoms with Gasteiger partial charge in [-0.15, -0.1) is 0 Å². The third-order valence-electron chi connectivity index (χ3n) is 3.24. The van der Waals surface area contributed by atoms with Crippen LogP contribution in [0.2, 0.25) is 5.02 Å². The smallest absolute Gasteiger partial charge is 0.174 e. The highest BCUT2D eigenvalue weighted by Crippen LogP contribution is 2.37. The summed E-state index contributed by atoms with van der Waals surface area (Å²) in [7, 11) is 0. The number of halogens is 3. The van der Waals surface area contributed by atoms with Gasteiger partial charge in [0.15, 0.2) is 5.76 Å². The molecule has 0 atom stereocenters. The zero-order chi connectivity index (χ0) is 15.7. The van der Waals surface area contributed by atoms with E-state index >= 15 is 0 Å². The Labute approximate surface area is 139 Å². The average Bonchev–Trinajstić information content (AvgIpc) is 2.94. The molecule has 0 saturated carbocycles. The van der Waals surface area contributed by atoms with Crippen LogP contribution in [0, 0.1) is 5.82 Å². The van der Waals surface area contributed by atoms with Gasteiger partial charge in [0, 0.05) is 15.6 Å². The second kappa shape index (κ2) is 6.20. The lowest BCUT2D eigenvalue weighted by Gasteiger charge is -2.04. The van der Waals surface area contributed by atoms with E-state index < -0.39 is 0 Å². The van der Waals surface area contributed by atoms with Crippen molar-refractivity contribution in [3.63, 3.8) is 0 Å². The van der Waals surface area contributed by atoms with Crippen molar-refractivity contribution in [2.75, 3.05) is 0 Å². The van der Waals surface area contributed by atoms with Crippen LogP contribution in [-0.2, 0) is 6.61 Å². The summed E-state index contributed by atoms with van der Waals surface area (Å²) in [6, 6.07) is 11.1. The van der Waals surface area contributed by atoms with E-state index in [1.54, 1.807) is 24.3 Å². The van der Waals surface area contributed by atoms with Crippen LogP contribution >= 0.6 is 27.5 Å². The van der Waals surface area contributed by atoms with Gasteiger partial charge < -0.3 is 9.63 Å². The molecule has 0 fully saturated rings. The molecule has 22 heavy (non-hydrogen) atoms. The first-order valence-corrected chi connectivity index (χ1v) is 7.58. The van der Waals surface area contributed by atoms with E-state index in [1.165, 1.54) is 12.1 Å². The number of aliphatic hydroxyl groups excluding tert-OH is 1. The second-order valence-corrected chi connectivity index (χ2v) is 5.95. The zero-order valence-electron chi connectivity index (χ0n) is 11.2. The van der Waals surface area contributed by atoms with Crippen molar-refractivity contribution in [3.8, 4) is 22.6 Å². The van der Waals surface area contributed by atoms with E-state index in [9.17, 15) is 9.50 Å². The quantitative estimate of drug-likeness (QED) is 0.689. The molecule has 0 aliphatic carbocycles. The largest absolute Gasteiger partial charge is 0.391 e. The molecule has 6 heteroatoms. The lowest BCUT2D eigenvalue weighted by Crippen LogP contribution is -1.90. The summed E-state index contributed by atoms with van der Waals surface area (Å²) in [5, 5.41) is 14.2. The summed E-state index contributed by atoms with van der Waals surface area (Å²) < 4.78 is 19.2. The molecule has 0 radical (unpaired) electrons. The first kappa shape index (κ1) is 15.2. The minimum absolute atomic E-state index is 0.269. The molecular formula is C16H10BrClFNO2. The van der Waals surface area contributed by atoms with Gasteiger partial charge in [-0.1, -0.05) is 32.7 Å². The molecule has 112 valence electrons. The molecule has 0 bridgehead atoms. The molecule has 0 spiro atoms. The Morgan fingerprint density at radius 3 is 2.59 bits per heavy atom. The third-order valence-corrected chi connectivity index (χ3v) is 4.06. The molecule has 0 amide bonds. The Morgan fingerprint density at radius 1 is 1.18 bits per heavy atom. The van der Waals surface area contributed by atoms with Crippen molar-refractivity contribution in [2.24, 2.45) is 0 Å². The fourth-order valence-electron chi connectivity index (χ4n) is 2.17. The summed E-state index contributed by atoms with van der Waals surface area (Å²) in [6.45, 7) is -0.269. The van der Waals surface area contributed by atoms with Crippen molar-refractivity contribution in [2.45, 2.75) is 6.61 Å². The number of aromatic nitrogens is 1. The van der Waals surface area contributed by atoms with Crippen LogP contribution in [0.1, 0.15) is 5.56 Å². The van der Waals surface area contributed by atoms with Gasteiger partial charge in [-0.25, -0.2) is 4.39 Å². The summed E-state index contributed by atoms with van der Waals surface area (Å²) in [5.41, 5.74) is 2.26. The number of hydrogen-bond donors (Lipinski definition) is 1. The number of aliphatic hydroxyl groups is 1. The van der Waals surface area contributed by atoms with Gasteiger partial charge in [0.05, 0.1) is 17.2 Å². The Kier molecular flexibility index (Phi) is 4.29. The molecule has 3 rings (SSSR count). The van der Waals surface area contributed by atoms with Crippen LogP contribution in [0.4, 0.5) is 4.39 Å². The second-order valence-electron chi connectivity index (χ2n) is 4.63. The van der Waals surface area contributed by atoms with Crippen LogP contribution in [0.15, 0.2) is 51.5 Å². The lowest BCUT2D eigenvalue weighted by atomic mass is 10.0. The van der Waals surface area contributed by atoms with Gasteiger partial charge in [0.1, 0.15) is 11.5 Å². The van der Waals surface area contributed by atoms with Crippen molar-refractivity contribution in [3.05, 3.63) is 63.3 Å². The molecule has 3 aromatic rings. The predicted octanol–water partition coefficient (Wildman–Crippen LogP) is 5.06. The van der Waals surface area contributed by atoms with E-state index in [4.69, 9.17) is 16.1 Å². The van der Waals surface area contributed by atoms with Crippen LogP contribution in [0.3, 0.4) is 0 Å². The zero-order valence-corrected chi connectivity index (χ0v) is 13.5. The molecule has 1 heterocycles. The first-order chi connectivity index (χ1) is 10.6. The van der Waals surface area contributed by atoms with Gasteiger partial charge in [-0.2, -0.15) is 0 Å². The molecule has 0 saturated heterocycles. The predicted molar refractivity (Wildman–Crippen MR) is 86.0 cm³/mol. The van der Waals surface area contributed by atoms with E-state index in [1.807, 2.05) is 6.07 Å². The Morgan fingerprint density at radius 2 is 1.91 bits per heavy atom. The molecule has 2 aromatic carbocycles.